The topological polar surface area (TPSA) is 77.1 Å². The first-order chi connectivity index (χ1) is 12.9. The van der Waals surface area contributed by atoms with Crippen molar-refractivity contribution < 1.29 is 9.32 Å². The normalized spacial score (nSPS) is 12.2. The van der Waals surface area contributed by atoms with Crippen molar-refractivity contribution in [3.8, 4) is 11.4 Å². The summed E-state index contributed by atoms with van der Waals surface area (Å²) in [5.41, 5.74) is 4.01. The fraction of sp³-hybridized carbons (Fsp3) is 0.400. The molecule has 2 aromatic heterocycles. The summed E-state index contributed by atoms with van der Waals surface area (Å²) in [5.74, 6) is 1.04. The van der Waals surface area contributed by atoms with Crippen molar-refractivity contribution >= 4 is 5.91 Å². The van der Waals surface area contributed by atoms with Gasteiger partial charge in [0.2, 0.25) is 17.6 Å². The summed E-state index contributed by atoms with van der Waals surface area (Å²) in [6.45, 7) is 6.02. The lowest BCUT2D eigenvalue weighted by atomic mass is 10.0. The Bertz CT molecular complexity index is 929. The number of carbonyl (C=O) groups excluding carboxylic acids is 1. The monoisotopic (exact) mass is 367 g/mol. The number of aromatic nitrogens is 4. The lowest BCUT2D eigenvalue weighted by Crippen LogP contribution is -2.30. The Labute approximate surface area is 159 Å². The van der Waals surface area contributed by atoms with Crippen LogP contribution >= 0.6 is 0 Å². The van der Waals surface area contributed by atoms with Crippen LogP contribution in [0.2, 0.25) is 0 Å². The Kier molecular flexibility index (Phi) is 5.39. The van der Waals surface area contributed by atoms with Gasteiger partial charge in [-0.3, -0.25) is 9.48 Å². The van der Waals surface area contributed by atoms with Gasteiger partial charge >= 0.3 is 0 Å². The quantitative estimate of drug-likeness (QED) is 0.668. The van der Waals surface area contributed by atoms with Gasteiger partial charge in [0.1, 0.15) is 0 Å². The first kappa shape index (κ1) is 18.8. The van der Waals surface area contributed by atoms with Gasteiger partial charge in [0, 0.05) is 43.8 Å². The molecule has 1 amide bonds. The predicted octanol–water partition coefficient (Wildman–Crippen LogP) is 3.24. The molecule has 2 heterocycles. The largest absolute Gasteiger partial charge is 0.339 e. The molecule has 0 radical (unpaired) electrons. The van der Waals surface area contributed by atoms with E-state index in [2.05, 4.69) is 15.2 Å². The van der Waals surface area contributed by atoms with Crippen molar-refractivity contribution in [2.75, 3.05) is 7.05 Å². The minimum atomic E-state index is -0.0474. The summed E-state index contributed by atoms with van der Waals surface area (Å²) in [6, 6.07) is 9.59. The van der Waals surface area contributed by atoms with Crippen molar-refractivity contribution in [3.05, 3.63) is 53.2 Å². The molecule has 0 unspecified atom stereocenters. The zero-order chi connectivity index (χ0) is 19.6. The van der Waals surface area contributed by atoms with Crippen LogP contribution in [0.4, 0.5) is 0 Å². The molecule has 0 aliphatic rings. The fourth-order valence-electron chi connectivity index (χ4n) is 3.26. The smallest absolute Gasteiger partial charge is 0.227 e. The van der Waals surface area contributed by atoms with Crippen LogP contribution in [0.15, 0.2) is 34.9 Å². The number of hydrogen-bond donors (Lipinski definition) is 0. The van der Waals surface area contributed by atoms with Crippen LogP contribution in [0.25, 0.3) is 11.4 Å². The molecule has 27 heavy (non-hydrogen) atoms. The minimum Gasteiger partial charge on any atom is -0.339 e. The maximum absolute atomic E-state index is 12.6. The highest BCUT2D eigenvalue weighted by atomic mass is 16.5. The summed E-state index contributed by atoms with van der Waals surface area (Å²) in [5, 5.41) is 8.44. The fourth-order valence-corrected chi connectivity index (χ4v) is 3.26. The first-order valence-electron chi connectivity index (χ1n) is 9.02. The Morgan fingerprint density at radius 2 is 1.96 bits per heavy atom. The molecule has 3 aromatic rings. The Morgan fingerprint density at radius 3 is 2.59 bits per heavy atom. The number of amides is 1. The second-order valence-electron chi connectivity index (χ2n) is 6.77. The van der Waals surface area contributed by atoms with E-state index < -0.39 is 0 Å². The van der Waals surface area contributed by atoms with Crippen LogP contribution < -0.4 is 0 Å². The van der Waals surface area contributed by atoms with Gasteiger partial charge in [0.05, 0.1) is 11.7 Å². The molecule has 0 saturated carbocycles. The number of aryl methyl sites for hydroxylation is 3. The van der Waals surface area contributed by atoms with Gasteiger partial charge in [-0.25, -0.2) is 0 Å². The molecule has 0 spiro atoms. The second-order valence-corrected chi connectivity index (χ2v) is 6.77. The van der Waals surface area contributed by atoms with Gasteiger partial charge in [-0.1, -0.05) is 35.5 Å². The van der Waals surface area contributed by atoms with Crippen LogP contribution in [-0.4, -0.2) is 37.8 Å². The minimum absolute atomic E-state index is 0.0321. The molecule has 0 aliphatic heterocycles. The molecule has 3 rings (SSSR count). The summed E-state index contributed by atoms with van der Waals surface area (Å²) in [6.07, 6.45) is 0.732. The van der Waals surface area contributed by atoms with Gasteiger partial charge in [-0.2, -0.15) is 10.1 Å². The van der Waals surface area contributed by atoms with Gasteiger partial charge in [-0.15, -0.1) is 0 Å². The molecular formula is C20H25N5O2. The molecule has 0 bridgehead atoms. The highest BCUT2D eigenvalue weighted by molar-refractivity contribution is 5.76. The molecule has 1 aromatic carbocycles. The van der Waals surface area contributed by atoms with Gasteiger partial charge in [0.15, 0.2) is 0 Å². The third kappa shape index (κ3) is 3.92. The first-order valence-corrected chi connectivity index (χ1v) is 9.02. The van der Waals surface area contributed by atoms with E-state index in [9.17, 15) is 4.79 Å². The third-order valence-electron chi connectivity index (χ3n) is 5.01. The molecule has 7 nitrogen and oxygen atoms in total. The van der Waals surface area contributed by atoms with Gasteiger partial charge < -0.3 is 9.42 Å². The van der Waals surface area contributed by atoms with E-state index in [1.165, 1.54) is 0 Å². The summed E-state index contributed by atoms with van der Waals surface area (Å²) < 4.78 is 7.14. The number of nitrogens with zero attached hydrogens (tertiary/aromatic N) is 5. The van der Waals surface area contributed by atoms with Crippen molar-refractivity contribution in [3.63, 3.8) is 0 Å². The summed E-state index contributed by atoms with van der Waals surface area (Å²) >= 11 is 0. The average molecular weight is 367 g/mol. The van der Waals surface area contributed by atoms with Crippen LogP contribution in [0, 0.1) is 13.8 Å². The average Bonchev–Trinajstić information content (AvgIpc) is 3.24. The van der Waals surface area contributed by atoms with E-state index in [-0.39, 0.29) is 11.9 Å². The molecule has 0 saturated heterocycles. The van der Waals surface area contributed by atoms with Gasteiger partial charge in [-0.05, 0) is 20.8 Å². The third-order valence-corrected chi connectivity index (χ3v) is 5.01. The van der Waals surface area contributed by atoms with Crippen molar-refractivity contribution in [2.45, 2.75) is 39.7 Å². The number of benzene rings is 1. The molecule has 7 heteroatoms. The Balaban J connectivity index is 1.63. The molecule has 142 valence electrons. The highest BCUT2D eigenvalue weighted by Crippen LogP contribution is 2.26. The van der Waals surface area contributed by atoms with Crippen LogP contribution in [0.1, 0.15) is 42.2 Å². The summed E-state index contributed by atoms with van der Waals surface area (Å²) in [7, 11) is 3.74. The van der Waals surface area contributed by atoms with E-state index in [0.717, 1.165) is 22.5 Å². The number of carbonyl (C=O) groups is 1. The lowest BCUT2D eigenvalue weighted by molar-refractivity contribution is -0.131. The molecule has 0 fully saturated rings. The van der Waals surface area contributed by atoms with E-state index in [4.69, 9.17) is 4.52 Å². The zero-order valence-electron chi connectivity index (χ0n) is 16.4. The lowest BCUT2D eigenvalue weighted by Gasteiger charge is -2.25. The predicted molar refractivity (Wildman–Crippen MR) is 102 cm³/mol. The Hall–Kier alpha value is -2.96. The standard InChI is InChI=1S/C20H25N5O2/c1-13-19(15(3)25(5)22-13)14(2)24(4)18(26)12-11-17-21-20(23-27-17)16-9-7-6-8-10-16/h6-10,14H,11-12H2,1-5H3/t14-/m0/s1. The second kappa shape index (κ2) is 7.73. The van der Waals surface area contributed by atoms with Crippen LogP contribution in [0.5, 0.6) is 0 Å². The SMILES string of the molecule is Cc1nn(C)c(C)c1[C@H](C)N(C)C(=O)CCc1nc(-c2ccccc2)no1. The molecule has 0 aliphatic carbocycles. The van der Waals surface area contributed by atoms with E-state index in [0.29, 0.717) is 24.6 Å². The number of hydrogen-bond acceptors (Lipinski definition) is 5. The molecule has 1 atom stereocenters. The van der Waals surface area contributed by atoms with E-state index >= 15 is 0 Å². The molecular weight excluding hydrogens is 342 g/mol. The summed E-state index contributed by atoms with van der Waals surface area (Å²) in [4.78, 5) is 18.8. The van der Waals surface area contributed by atoms with Crippen LogP contribution in [-0.2, 0) is 18.3 Å². The van der Waals surface area contributed by atoms with E-state index in [1.807, 2.05) is 69.9 Å². The van der Waals surface area contributed by atoms with Crippen molar-refractivity contribution in [1.29, 1.82) is 0 Å². The van der Waals surface area contributed by atoms with E-state index in [1.54, 1.807) is 4.90 Å². The maximum atomic E-state index is 12.6. The van der Waals surface area contributed by atoms with Crippen molar-refractivity contribution in [1.82, 2.24) is 24.8 Å². The van der Waals surface area contributed by atoms with Crippen LogP contribution in [0.3, 0.4) is 0 Å². The zero-order valence-corrected chi connectivity index (χ0v) is 16.4. The highest BCUT2D eigenvalue weighted by Gasteiger charge is 2.23. The number of rotatable bonds is 6. The molecule has 0 N–H and O–H groups in total. The van der Waals surface area contributed by atoms with Gasteiger partial charge in [0.25, 0.3) is 0 Å². The Morgan fingerprint density at radius 1 is 1.26 bits per heavy atom. The van der Waals surface area contributed by atoms with Crippen molar-refractivity contribution in [2.24, 2.45) is 7.05 Å². The maximum Gasteiger partial charge on any atom is 0.227 e.